The molecule has 0 bridgehead atoms. The fourth-order valence-corrected chi connectivity index (χ4v) is 2.83. The van der Waals surface area contributed by atoms with Crippen LogP contribution >= 0.6 is 0 Å². The van der Waals surface area contributed by atoms with Crippen LogP contribution < -0.4 is 4.74 Å². The van der Waals surface area contributed by atoms with Gasteiger partial charge >= 0.3 is 0 Å². The SMILES string of the molecule is N#Cc1nccnc1Oc1ccc(C2CCCCC2)cc1. The second-order valence-electron chi connectivity index (χ2n) is 5.33. The Bertz CT molecular complexity index is 640. The van der Waals surface area contributed by atoms with Crippen molar-refractivity contribution in [1.82, 2.24) is 9.97 Å². The topological polar surface area (TPSA) is 58.8 Å². The zero-order chi connectivity index (χ0) is 14.5. The Morgan fingerprint density at radius 3 is 2.43 bits per heavy atom. The third-order valence-electron chi connectivity index (χ3n) is 3.94. The molecule has 0 unspecified atom stereocenters. The van der Waals surface area contributed by atoms with E-state index in [0.29, 0.717) is 11.7 Å². The van der Waals surface area contributed by atoms with Gasteiger partial charge in [0, 0.05) is 12.4 Å². The second kappa shape index (κ2) is 6.36. The lowest BCUT2D eigenvalue weighted by Gasteiger charge is -2.22. The Labute approximate surface area is 124 Å². The highest BCUT2D eigenvalue weighted by Gasteiger charge is 2.15. The average Bonchev–Trinajstić information content (AvgIpc) is 2.57. The first-order chi connectivity index (χ1) is 10.4. The van der Waals surface area contributed by atoms with Crippen molar-refractivity contribution in [1.29, 1.82) is 5.26 Å². The molecular weight excluding hydrogens is 262 g/mol. The van der Waals surface area contributed by atoms with Crippen LogP contribution in [0, 0.1) is 11.3 Å². The summed E-state index contributed by atoms with van der Waals surface area (Å²) in [5, 5.41) is 8.98. The Morgan fingerprint density at radius 2 is 1.71 bits per heavy atom. The zero-order valence-electron chi connectivity index (χ0n) is 11.8. The molecule has 1 heterocycles. The number of hydrogen-bond donors (Lipinski definition) is 0. The molecule has 106 valence electrons. The van der Waals surface area contributed by atoms with E-state index in [0.717, 1.165) is 0 Å². The summed E-state index contributed by atoms with van der Waals surface area (Å²) in [6.45, 7) is 0. The number of rotatable bonds is 3. The highest BCUT2D eigenvalue weighted by atomic mass is 16.5. The minimum Gasteiger partial charge on any atom is -0.437 e. The lowest BCUT2D eigenvalue weighted by atomic mass is 9.84. The van der Waals surface area contributed by atoms with Gasteiger partial charge in [-0.2, -0.15) is 5.26 Å². The second-order valence-corrected chi connectivity index (χ2v) is 5.33. The van der Waals surface area contributed by atoms with Gasteiger partial charge in [0.15, 0.2) is 0 Å². The van der Waals surface area contributed by atoms with Gasteiger partial charge in [0.2, 0.25) is 5.69 Å². The summed E-state index contributed by atoms with van der Waals surface area (Å²) in [5.41, 5.74) is 1.58. The first kappa shape index (κ1) is 13.6. The van der Waals surface area contributed by atoms with E-state index in [1.54, 1.807) is 0 Å². The average molecular weight is 279 g/mol. The van der Waals surface area contributed by atoms with Crippen LogP contribution in [0.5, 0.6) is 11.6 Å². The number of ether oxygens (including phenoxy) is 1. The normalized spacial score (nSPS) is 15.4. The molecule has 1 aromatic carbocycles. The quantitative estimate of drug-likeness (QED) is 0.845. The first-order valence-corrected chi connectivity index (χ1v) is 7.36. The maximum absolute atomic E-state index is 8.98. The molecule has 0 aliphatic heterocycles. The lowest BCUT2D eigenvalue weighted by Crippen LogP contribution is -2.04. The summed E-state index contributed by atoms with van der Waals surface area (Å²) in [6.07, 6.45) is 9.58. The van der Waals surface area contributed by atoms with Crippen LogP contribution in [0.1, 0.15) is 49.3 Å². The van der Waals surface area contributed by atoms with Crippen molar-refractivity contribution < 1.29 is 4.74 Å². The van der Waals surface area contributed by atoms with E-state index in [1.165, 1.54) is 50.1 Å². The van der Waals surface area contributed by atoms with Crippen LogP contribution in [0.15, 0.2) is 36.7 Å². The van der Waals surface area contributed by atoms with E-state index in [1.807, 2.05) is 18.2 Å². The van der Waals surface area contributed by atoms with Crippen molar-refractivity contribution >= 4 is 0 Å². The third kappa shape index (κ3) is 3.19. The Morgan fingerprint density at radius 1 is 1.00 bits per heavy atom. The molecule has 2 aromatic rings. The molecular formula is C17H17N3O. The van der Waals surface area contributed by atoms with E-state index in [-0.39, 0.29) is 11.6 Å². The Hall–Kier alpha value is -2.41. The van der Waals surface area contributed by atoms with Crippen molar-refractivity contribution in [3.05, 3.63) is 47.9 Å². The molecule has 1 fully saturated rings. The highest BCUT2D eigenvalue weighted by Crippen LogP contribution is 2.33. The molecule has 4 heteroatoms. The Kier molecular flexibility index (Phi) is 4.11. The minimum absolute atomic E-state index is 0.203. The van der Waals surface area contributed by atoms with Gasteiger partial charge in [-0.3, -0.25) is 0 Å². The molecule has 0 radical (unpaired) electrons. The summed E-state index contributed by atoms with van der Waals surface area (Å²) in [6, 6.07) is 10.1. The zero-order valence-corrected chi connectivity index (χ0v) is 11.8. The first-order valence-electron chi connectivity index (χ1n) is 7.36. The fourth-order valence-electron chi connectivity index (χ4n) is 2.83. The number of benzene rings is 1. The maximum Gasteiger partial charge on any atom is 0.256 e. The summed E-state index contributed by atoms with van der Waals surface area (Å²) in [4.78, 5) is 7.99. The van der Waals surface area contributed by atoms with Gasteiger partial charge < -0.3 is 4.74 Å². The molecule has 4 nitrogen and oxygen atoms in total. The van der Waals surface area contributed by atoms with Crippen molar-refractivity contribution in [2.45, 2.75) is 38.0 Å². The van der Waals surface area contributed by atoms with Crippen LogP contribution in [0.2, 0.25) is 0 Å². The van der Waals surface area contributed by atoms with E-state index >= 15 is 0 Å². The molecule has 0 amide bonds. The lowest BCUT2D eigenvalue weighted by molar-refractivity contribution is 0.440. The Balaban J connectivity index is 1.74. The van der Waals surface area contributed by atoms with Crippen molar-refractivity contribution in [3.8, 4) is 17.7 Å². The van der Waals surface area contributed by atoms with Gasteiger partial charge in [-0.1, -0.05) is 31.4 Å². The van der Waals surface area contributed by atoms with Crippen LogP contribution in [0.4, 0.5) is 0 Å². The monoisotopic (exact) mass is 279 g/mol. The number of nitrogens with zero attached hydrogens (tertiary/aromatic N) is 3. The number of aromatic nitrogens is 2. The van der Waals surface area contributed by atoms with E-state index in [2.05, 4.69) is 22.1 Å². The number of hydrogen-bond acceptors (Lipinski definition) is 4. The third-order valence-corrected chi connectivity index (χ3v) is 3.94. The van der Waals surface area contributed by atoms with Gasteiger partial charge in [-0.15, -0.1) is 0 Å². The minimum atomic E-state index is 0.203. The van der Waals surface area contributed by atoms with Crippen molar-refractivity contribution in [2.75, 3.05) is 0 Å². The summed E-state index contributed by atoms with van der Waals surface area (Å²) in [5.74, 6) is 1.62. The molecule has 1 aliphatic carbocycles. The molecule has 0 atom stereocenters. The standard InChI is InChI=1S/C17H17N3O/c18-12-16-17(20-11-10-19-16)21-15-8-6-14(7-9-15)13-4-2-1-3-5-13/h6-11,13H,1-5H2. The predicted molar refractivity (Wildman–Crippen MR) is 79.1 cm³/mol. The molecule has 1 saturated carbocycles. The van der Waals surface area contributed by atoms with E-state index in [9.17, 15) is 0 Å². The molecule has 3 rings (SSSR count). The molecule has 0 saturated heterocycles. The van der Waals surface area contributed by atoms with Crippen LogP contribution in [0.3, 0.4) is 0 Å². The molecule has 1 aromatic heterocycles. The summed E-state index contributed by atoms with van der Waals surface area (Å²) < 4.78 is 5.65. The van der Waals surface area contributed by atoms with Crippen LogP contribution in [-0.4, -0.2) is 9.97 Å². The smallest absolute Gasteiger partial charge is 0.256 e. The molecule has 1 aliphatic rings. The largest absolute Gasteiger partial charge is 0.437 e. The van der Waals surface area contributed by atoms with Gasteiger partial charge in [-0.25, -0.2) is 9.97 Å². The van der Waals surface area contributed by atoms with Gasteiger partial charge in [0.25, 0.3) is 5.88 Å². The molecule has 0 N–H and O–H groups in total. The number of nitriles is 1. The molecule has 0 spiro atoms. The van der Waals surface area contributed by atoms with E-state index < -0.39 is 0 Å². The highest BCUT2D eigenvalue weighted by molar-refractivity contribution is 5.36. The summed E-state index contributed by atoms with van der Waals surface area (Å²) in [7, 11) is 0. The van der Waals surface area contributed by atoms with Crippen molar-refractivity contribution in [3.63, 3.8) is 0 Å². The predicted octanol–water partition coefficient (Wildman–Crippen LogP) is 4.19. The van der Waals surface area contributed by atoms with Crippen molar-refractivity contribution in [2.24, 2.45) is 0 Å². The van der Waals surface area contributed by atoms with Gasteiger partial charge in [-0.05, 0) is 36.5 Å². The maximum atomic E-state index is 8.98. The van der Waals surface area contributed by atoms with Crippen LogP contribution in [-0.2, 0) is 0 Å². The van der Waals surface area contributed by atoms with Crippen LogP contribution in [0.25, 0.3) is 0 Å². The van der Waals surface area contributed by atoms with E-state index in [4.69, 9.17) is 10.00 Å². The van der Waals surface area contributed by atoms with Gasteiger partial charge in [0.1, 0.15) is 11.8 Å². The summed E-state index contributed by atoms with van der Waals surface area (Å²) >= 11 is 0. The molecule has 21 heavy (non-hydrogen) atoms. The van der Waals surface area contributed by atoms with Gasteiger partial charge in [0.05, 0.1) is 0 Å². The fraction of sp³-hybridized carbons (Fsp3) is 0.353.